The fourth-order valence-corrected chi connectivity index (χ4v) is 3.00. The first-order valence-electron chi connectivity index (χ1n) is 7.48. The van der Waals surface area contributed by atoms with E-state index < -0.39 is 0 Å². The minimum absolute atomic E-state index is 0.592. The van der Waals surface area contributed by atoms with Gasteiger partial charge in [-0.2, -0.15) is 11.8 Å². The van der Waals surface area contributed by atoms with Gasteiger partial charge in [0.25, 0.3) is 0 Å². The maximum atomic E-state index is 3.78. The first kappa shape index (κ1) is 15.4. The zero-order valence-electron chi connectivity index (χ0n) is 12.1. The SMILES string of the molecule is CCCCC(CC)(CCCSC)CNC1CC1. The maximum absolute atomic E-state index is 3.78. The number of nitrogens with one attached hydrogen (secondary N) is 1. The second-order valence-electron chi connectivity index (χ2n) is 5.71. The van der Waals surface area contributed by atoms with E-state index in [1.807, 2.05) is 11.8 Å². The van der Waals surface area contributed by atoms with Crippen LogP contribution in [0, 0.1) is 5.41 Å². The molecule has 1 rings (SSSR count). The first-order valence-corrected chi connectivity index (χ1v) is 8.88. The van der Waals surface area contributed by atoms with E-state index in [0.717, 1.165) is 6.04 Å². The van der Waals surface area contributed by atoms with Crippen molar-refractivity contribution >= 4 is 11.8 Å². The summed E-state index contributed by atoms with van der Waals surface area (Å²) >= 11 is 1.99. The van der Waals surface area contributed by atoms with Gasteiger partial charge >= 0.3 is 0 Å². The summed E-state index contributed by atoms with van der Waals surface area (Å²) in [4.78, 5) is 0. The average molecular weight is 257 g/mol. The minimum Gasteiger partial charge on any atom is -0.313 e. The molecule has 2 heteroatoms. The average Bonchev–Trinajstić information content (AvgIpc) is 3.17. The standard InChI is InChI=1S/C15H31NS/c1-4-6-10-15(5-2,11-7-12-17-3)13-16-14-8-9-14/h14,16H,4-13H2,1-3H3. The lowest BCUT2D eigenvalue weighted by Crippen LogP contribution is -2.35. The zero-order chi connectivity index (χ0) is 12.6. The Kier molecular flexibility index (Phi) is 7.61. The van der Waals surface area contributed by atoms with Crippen molar-refractivity contribution < 1.29 is 0 Å². The molecular formula is C15H31NS. The van der Waals surface area contributed by atoms with Crippen molar-refractivity contribution in [1.82, 2.24) is 5.32 Å². The van der Waals surface area contributed by atoms with Gasteiger partial charge in [0.15, 0.2) is 0 Å². The van der Waals surface area contributed by atoms with E-state index >= 15 is 0 Å². The van der Waals surface area contributed by atoms with Crippen molar-refractivity contribution in [3.63, 3.8) is 0 Å². The van der Waals surface area contributed by atoms with Crippen molar-refractivity contribution in [3.05, 3.63) is 0 Å². The molecule has 1 atom stereocenters. The molecule has 0 bridgehead atoms. The molecule has 1 aliphatic carbocycles. The molecule has 0 saturated heterocycles. The summed E-state index contributed by atoms with van der Waals surface area (Å²) in [5.41, 5.74) is 0.592. The summed E-state index contributed by atoms with van der Waals surface area (Å²) in [5.74, 6) is 1.33. The van der Waals surface area contributed by atoms with Crippen LogP contribution in [0.15, 0.2) is 0 Å². The Labute approximate surface area is 113 Å². The Morgan fingerprint density at radius 2 is 1.88 bits per heavy atom. The lowest BCUT2D eigenvalue weighted by atomic mass is 9.76. The van der Waals surface area contributed by atoms with Gasteiger partial charge < -0.3 is 5.32 Å². The highest BCUT2D eigenvalue weighted by atomic mass is 32.2. The van der Waals surface area contributed by atoms with E-state index in [-0.39, 0.29) is 0 Å². The van der Waals surface area contributed by atoms with E-state index in [0.29, 0.717) is 5.41 Å². The van der Waals surface area contributed by atoms with Gasteiger partial charge in [0.1, 0.15) is 0 Å². The molecule has 17 heavy (non-hydrogen) atoms. The summed E-state index contributed by atoms with van der Waals surface area (Å²) in [5, 5.41) is 3.78. The summed E-state index contributed by atoms with van der Waals surface area (Å²) in [6.45, 7) is 5.97. The van der Waals surface area contributed by atoms with Crippen molar-refractivity contribution in [2.75, 3.05) is 18.6 Å². The third-order valence-electron chi connectivity index (χ3n) is 4.21. The van der Waals surface area contributed by atoms with Crippen LogP contribution in [0.1, 0.15) is 65.2 Å². The topological polar surface area (TPSA) is 12.0 Å². The molecule has 1 nitrogen and oxygen atoms in total. The number of hydrogen-bond acceptors (Lipinski definition) is 2. The summed E-state index contributed by atoms with van der Waals surface area (Å²) in [6.07, 6.45) is 13.4. The Balaban J connectivity index is 2.37. The van der Waals surface area contributed by atoms with Crippen LogP contribution in [0.2, 0.25) is 0 Å². The van der Waals surface area contributed by atoms with E-state index in [2.05, 4.69) is 25.4 Å². The van der Waals surface area contributed by atoms with Crippen LogP contribution in [0.5, 0.6) is 0 Å². The minimum atomic E-state index is 0.592. The van der Waals surface area contributed by atoms with E-state index in [4.69, 9.17) is 0 Å². The van der Waals surface area contributed by atoms with Crippen molar-refractivity contribution in [2.24, 2.45) is 5.41 Å². The van der Waals surface area contributed by atoms with E-state index in [1.165, 1.54) is 63.7 Å². The molecule has 0 spiro atoms. The normalized spacial score (nSPS) is 19.2. The molecule has 0 radical (unpaired) electrons. The van der Waals surface area contributed by atoms with Crippen molar-refractivity contribution in [3.8, 4) is 0 Å². The van der Waals surface area contributed by atoms with Crippen LogP contribution in [-0.2, 0) is 0 Å². The highest BCUT2D eigenvalue weighted by Crippen LogP contribution is 2.35. The largest absolute Gasteiger partial charge is 0.313 e. The van der Waals surface area contributed by atoms with Gasteiger partial charge in [0.2, 0.25) is 0 Å². The third kappa shape index (κ3) is 6.15. The van der Waals surface area contributed by atoms with Crippen LogP contribution in [0.25, 0.3) is 0 Å². The molecule has 0 amide bonds. The van der Waals surface area contributed by atoms with Gasteiger partial charge in [-0.15, -0.1) is 0 Å². The Bertz CT molecular complexity index is 191. The molecule has 0 aliphatic heterocycles. The number of rotatable bonds is 11. The highest BCUT2D eigenvalue weighted by Gasteiger charge is 2.30. The fraction of sp³-hybridized carbons (Fsp3) is 1.00. The summed E-state index contributed by atoms with van der Waals surface area (Å²) < 4.78 is 0. The van der Waals surface area contributed by atoms with Crippen LogP contribution in [0.4, 0.5) is 0 Å². The molecule has 1 fully saturated rings. The molecule has 0 aromatic heterocycles. The number of hydrogen-bond donors (Lipinski definition) is 1. The van der Waals surface area contributed by atoms with Crippen LogP contribution >= 0.6 is 11.8 Å². The first-order chi connectivity index (χ1) is 8.26. The van der Waals surface area contributed by atoms with Crippen molar-refractivity contribution in [1.29, 1.82) is 0 Å². The molecule has 0 aromatic carbocycles. The summed E-state index contributed by atoms with van der Waals surface area (Å²) in [6, 6.07) is 0.864. The van der Waals surface area contributed by atoms with Gasteiger partial charge in [-0.3, -0.25) is 0 Å². The highest BCUT2D eigenvalue weighted by molar-refractivity contribution is 7.98. The van der Waals surface area contributed by atoms with Gasteiger partial charge in [-0.05, 0) is 55.9 Å². The molecule has 0 aromatic rings. The van der Waals surface area contributed by atoms with Gasteiger partial charge in [0.05, 0.1) is 0 Å². The summed E-state index contributed by atoms with van der Waals surface area (Å²) in [7, 11) is 0. The van der Waals surface area contributed by atoms with Crippen LogP contribution in [-0.4, -0.2) is 24.6 Å². The van der Waals surface area contributed by atoms with Gasteiger partial charge in [-0.1, -0.05) is 26.7 Å². The van der Waals surface area contributed by atoms with E-state index in [1.54, 1.807) is 0 Å². The quantitative estimate of drug-likeness (QED) is 0.548. The molecule has 0 heterocycles. The fourth-order valence-electron chi connectivity index (χ4n) is 2.57. The lowest BCUT2D eigenvalue weighted by molar-refractivity contribution is 0.209. The van der Waals surface area contributed by atoms with Gasteiger partial charge in [0, 0.05) is 12.6 Å². The second kappa shape index (κ2) is 8.42. The van der Waals surface area contributed by atoms with Crippen LogP contribution < -0.4 is 5.32 Å². The predicted molar refractivity (Wildman–Crippen MR) is 80.9 cm³/mol. The Morgan fingerprint density at radius 3 is 2.41 bits per heavy atom. The molecule has 1 N–H and O–H groups in total. The predicted octanol–water partition coefficient (Wildman–Crippen LogP) is 4.47. The number of unbranched alkanes of at least 4 members (excludes halogenated alkanes) is 1. The monoisotopic (exact) mass is 257 g/mol. The maximum Gasteiger partial charge on any atom is 0.00684 e. The van der Waals surface area contributed by atoms with Crippen LogP contribution in [0.3, 0.4) is 0 Å². The lowest BCUT2D eigenvalue weighted by Gasteiger charge is -2.33. The molecule has 1 saturated carbocycles. The molecular weight excluding hydrogens is 226 g/mol. The molecule has 1 aliphatic rings. The van der Waals surface area contributed by atoms with Gasteiger partial charge in [-0.25, -0.2) is 0 Å². The van der Waals surface area contributed by atoms with E-state index in [9.17, 15) is 0 Å². The molecule has 102 valence electrons. The van der Waals surface area contributed by atoms with Crippen molar-refractivity contribution in [2.45, 2.75) is 71.3 Å². The smallest absolute Gasteiger partial charge is 0.00684 e. The third-order valence-corrected chi connectivity index (χ3v) is 4.91. The second-order valence-corrected chi connectivity index (χ2v) is 6.69. The Morgan fingerprint density at radius 1 is 1.18 bits per heavy atom. The Hall–Kier alpha value is 0.310. The molecule has 1 unspecified atom stereocenters. The number of thioether (sulfide) groups is 1. The zero-order valence-corrected chi connectivity index (χ0v) is 12.9.